The number of phenolic OH excluding ortho intramolecular Hbond substituents is 1. The second-order valence-corrected chi connectivity index (χ2v) is 11.1. The van der Waals surface area contributed by atoms with Crippen molar-refractivity contribution in [3.8, 4) is 11.5 Å². The van der Waals surface area contributed by atoms with Crippen LogP contribution in [0.5, 0.6) is 11.5 Å². The first-order valence-electron chi connectivity index (χ1n) is 12.9. The average Bonchev–Trinajstić information content (AvgIpc) is 3.25. The Morgan fingerprint density at radius 3 is 2.77 bits per heavy atom. The molecule has 5 atom stereocenters. The predicted molar refractivity (Wildman–Crippen MR) is 135 cm³/mol. The maximum Gasteiger partial charge on any atom is 0.416 e. The van der Waals surface area contributed by atoms with E-state index < -0.39 is 40.7 Å². The maximum atomic E-state index is 13.3. The van der Waals surface area contributed by atoms with Crippen LogP contribution in [0.15, 0.2) is 42.5 Å². The van der Waals surface area contributed by atoms with Gasteiger partial charge in [-0.25, -0.2) is 0 Å². The molecule has 39 heavy (non-hydrogen) atoms. The van der Waals surface area contributed by atoms with Crippen LogP contribution in [0, 0.1) is 10.1 Å². The molecule has 2 aromatic rings. The Hall–Kier alpha value is -3.60. The fraction of sp³-hybridized carbons (Fsp3) is 0.464. The number of halogens is 3. The number of hydrogen-bond donors (Lipinski definition) is 1. The summed E-state index contributed by atoms with van der Waals surface area (Å²) >= 11 is 0. The van der Waals surface area contributed by atoms with Crippen LogP contribution < -0.4 is 4.74 Å². The number of carbonyl (C=O) groups is 1. The third kappa shape index (κ3) is 3.38. The number of rotatable bonds is 4. The molecular weight excluding hydrogens is 515 g/mol. The zero-order valence-electron chi connectivity index (χ0n) is 21.4. The topological polar surface area (TPSA) is 96.2 Å². The first kappa shape index (κ1) is 25.7. The van der Waals surface area contributed by atoms with Crippen molar-refractivity contribution in [2.24, 2.45) is 0 Å². The molecule has 6 rings (SSSR count). The molecule has 1 N–H and O–H groups in total. The zero-order chi connectivity index (χ0) is 27.9. The first-order chi connectivity index (χ1) is 18.4. The fourth-order valence-electron chi connectivity index (χ4n) is 7.77. The van der Waals surface area contributed by atoms with E-state index in [1.165, 1.54) is 29.2 Å². The Kier molecular flexibility index (Phi) is 5.56. The molecule has 11 heteroatoms. The van der Waals surface area contributed by atoms with Crippen LogP contribution in [-0.4, -0.2) is 70.1 Å². The molecule has 2 aromatic carbocycles. The second kappa shape index (κ2) is 8.45. The Morgan fingerprint density at radius 2 is 2.05 bits per heavy atom. The molecule has 2 aliphatic carbocycles. The number of likely N-dealkylation sites (N-methyl/N-ethyl adjacent to an activating group) is 2. The minimum atomic E-state index is -4.50. The van der Waals surface area contributed by atoms with Gasteiger partial charge in [0.15, 0.2) is 11.5 Å². The van der Waals surface area contributed by atoms with E-state index in [1.54, 1.807) is 13.1 Å². The van der Waals surface area contributed by atoms with Crippen molar-refractivity contribution < 1.29 is 32.7 Å². The van der Waals surface area contributed by atoms with Crippen molar-refractivity contribution in [3.63, 3.8) is 0 Å². The minimum Gasteiger partial charge on any atom is -0.504 e. The SMILES string of the molecule is CN1CC[C@]23c4c5ccc(O)c4O[C@H]2[C@H](N(C)C(=O)C=Cc2cccc(C(F)(F)F)c2)CC[C@@]3([N+](=O)[O-])[C@H]1C5. The van der Waals surface area contributed by atoms with Gasteiger partial charge in [-0.3, -0.25) is 19.8 Å². The van der Waals surface area contributed by atoms with Gasteiger partial charge in [-0.1, -0.05) is 18.2 Å². The van der Waals surface area contributed by atoms with Gasteiger partial charge in [0.2, 0.25) is 5.91 Å². The number of alkyl halides is 3. The van der Waals surface area contributed by atoms with Gasteiger partial charge in [-0.15, -0.1) is 0 Å². The monoisotopic (exact) mass is 543 g/mol. The van der Waals surface area contributed by atoms with E-state index in [4.69, 9.17) is 4.74 Å². The number of nitrogens with zero attached hydrogens (tertiary/aromatic N) is 3. The van der Waals surface area contributed by atoms with E-state index in [-0.39, 0.29) is 34.4 Å². The molecule has 1 amide bonds. The lowest BCUT2D eigenvalue weighted by Crippen LogP contribution is -2.80. The Morgan fingerprint density at radius 1 is 1.28 bits per heavy atom. The lowest BCUT2D eigenvalue weighted by Gasteiger charge is -2.61. The summed E-state index contributed by atoms with van der Waals surface area (Å²) in [7, 11) is 3.49. The van der Waals surface area contributed by atoms with Crippen LogP contribution in [0.2, 0.25) is 0 Å². The van der Waals surface area contributed by atoms with E-state index in [0.717, 1.165) is 17.7 Å². The van der Waals surface area contributed by atoms with E-state index in [0.29, 0.717) is 31.4 Å². The van der Waals surface area contributed by atoms with Crippen LogP contribution in [0.3, 0.4) is 0 Å². The van der Waals surface area contributed by atoms with Crippen molar-refractivity contribution >= 4 is 12.0 Å². The van der Waals surface area contributed by atoms with Crippen molar-refractivity contribution in [2.75, 3.05) is 20.6 Å². The highest BCUT2D eigenvalue weighted by molar-refractivity contribution is 5.92. The van der Waals surface area contributed by atoms with Gasteiger partial charge >= 0.3 is 6.18 Å². The summed E-state index contributed by atoms with van der Waals surface area (Å²) in [5.74, 6) is -0.269. The van der Waals surface area contributed by atoms with Gasteiger partial charge in [0.1, 0.15) is 11.5 Å². The summed E-state index contributed by atoms with van der Waals surface area (Å²) in [6.45, 7) is 0.606. The Labute approximate surface area is 222 Å². The summed E-state index contributed by atoms with van der Waals surface area (Å²) in [6.07, 6.45) is -1.27. The van der Waals surface area contributed by atoms with Gasteiger partial charge in [0.05, 0.1) is 17.6 Å². The molecule has 1 saturated carbocycles. The van der Waals surface area contributed by atoms with Crippen molar-refractivity contribution in [1.82, 2.24) is 9.80 Å². The predicted octanol–water partition coefficient (Wildman–Crippen LogP) is 4.02. The molecule has 1 saturated heterocycles. The average molecular weight is 544 g/mol. The van der Waals surface area contributed by atoms with E-state index in [2.05, 4.69) is 0 Å². The fourth-order valence-corrected chi connectivity index (χ4v) is 7.77. The minimum absolute atomic E-state index is 0.0793. The number of carbonyl (C=O) groups excluding carboxylic acids is 1. The molecule has 2 aliphatic heterocycles. The van der Waals surface area contributed by atoms with Crippen molar-refractivity contribution in [2.45, 2.75) is 61.0 Å². The van der Waals surface area contributed by atoms with Gasteiger partial charge in [0, 0.05) is 30.0 Å². The summed E-state index contributed by atoms with van der Waals surface area (Å²) in [5.41, 5.74) is -1.35. The maximum absolute atomic E-state index is 13.3. The van der Waals surface area contributed by atoms with Gasteiger partial charge in [-0.2, -0.15) is 13.2 Å². The molecule has 2 fully saturated rings. The third-order valence-electron chi connectivity index (χ3n) is 9.50. The highest BCUT2D eigenvalue weighted by Gasteiger charge is 2.80. The number of piperidine rings is 1. The third-order valence-corrected chi connectivity index (χ3v) is 9.50. The molecule has 206 valence electrons. The van der Waals surface area contributed by atoms with Gasteiger partial charge in [0.25, 0.3) is 5.54 Å². The Bertz CT molecular complexity index is 1410. The van der Waals surface area contributed by atoms with Crippen LogP contribution >= 0.6 is 0 Å². The lowest BCUT2D eigenvalue weighted by molar-refractivity contribution is -0.605. The number of nitro groups is 1. The van der Waals surface area contributed by atoms with E-state index in [9.17, 15) is 33.2 Å². The first-order valence-corrected chi connectivity index (χ1v) is 12.9. The molecular formula is C28H28F3N3O5. The molecule has 0 radical (unpaired) electrons. The van der Waals surface area contributed by atoms with E-state index in [1.807, 2.05) is 18.0 Å². The number of aromatic hydroxyl groups is 1. The van der Waals surface area contributed by atoms with Crippen LogP contribution in [0.1, 0.15) is 41.5 Å². The highest BCUT2D eigenvalue weighted by atomic mass is 19.4. The highest BCUT2D eigenvalue weighted by Crippen LogP contribution is 2.66. The van der Waals surface area contributed by atoms with E-state index >= 15 is 0 Å². The standard InChI is InChI=1S/C28H28F3N3O5/c1-32-13-12-26-23-17-7-8-20(35)24(23)39-25(26)19(10-11-27(26,34(37)38)21(32)15-17)33(2)22(36)9-6-16-4-3-5-18(14-16)28(29,30)31/h3-9,14,19,21,25,35H,10-13,15H2,1-2H3/t19-,21-,25+,26+,27-/m1/s1. The molecule has 0 aromatic heterocycles. The molecule has 8 nitrogen and oxygen atoms in total. The Balaban J connectivity index is 1.38. The van der Waals surface area contributed by atoms with Gasteiger partial charge < -0.3 is 14.7 Å². The largest absolute Gasteiger partial charge is 0.504 e. The molecule has 2 bridgehead atoms. The lowest BCUT2D eigenvalue weighted by atomic mass is 9.47. The van der Waals surface area contributed by atoms with Crippen LogP contribution in [0.25, 0.3) is 6.08 Å². The number of phenols is 1. The summed E-state index contributed by atoms with van der Waals surface area (Å²) in [5, 5.41) is 23.7. The number of ether oxygens (including phenoxy) is 1. The number of hydrogen-bond acceptors (Lipinski definition) is 6. The molecule has 0 unspecified atom stereocenters. The summed E-state index contributed by atoms with van der Waals surface area (Å²) < 4.78 is 45.7. The second-order valence-electron chi connectivity index (χ2n) is 11.1. The zero-order valence-corrected chi connectivity index (χ0v) is 21.4. The summed E-state index contributed by atoms with van der Waals surface area (Å²) in [6, 6.07) is 7.15. The molecule has 2 heterocycles. The van der Waals surface area contributed by atoms with Crippen molar-refractivity contribution in [1.29, 1.82) is 0 Å². The normalized spacial score (nSPS) is 31.1. The quantitative estimate of drug-likeness (QED) is 0.356. The number of benzene rings is 2. The molecule has 4 aliphatic rings. The number of likely N-dealkylation sites (tertiary alicyclic amines) is 1. The smallest absolute Gasteiger partial charge is 0.416 e. The van der Waals surface area contributed by atoms with Crippen LogP contribution in [0.4, 0.5) is 13.2 Å². The van der Waals surface area contributed by atoms with Gasteiger partial charge in [-0.05, 0) is 68.3 Å². The summed E-state index contributed by atoms with van der Waals surface area (Å²) in [4.78, 5) is 29.6. The molecule has 1 spiro atoms. The number of amides is 1. The van der Waals surface area contributed by atoms with Crippen LogP contribution in [-0.2, 0) is 22.8 Å². The van der Waals surface area contributed by atoms with Crippen molar-refractivity contribution in [3.05, 3.63) is 74.8 Å².